The van der Waals surface area contributed by atoms with Crippen LogP contribution < -0.4 is 5.32 Å². The zero-order valence-electron chi connectivity index (χ0n) is 11.9. The monoisotopic (exact) mass is 254 g/mol. The van der Waals surface area contributed by atoms with Crippen LogP contribution >= 0.6 is 0 Å². The molecule has 1 saturated carbocycles. The van der Waals surface area contributed by atoms with Crippen molar-refractivity contribution in [3.8, 4) is 0 Å². The highest BCUT2D eigenvalue weighted by Gasteiger charge is 2.37. The number of rotatable bonds is 2. The molecule has 0 unspecified atom stereocenters. The summed E-state index contributed by atoms with van der Waals surface area (Å²) in [6, 6.07) is 0.786. The predicted octanol–water partition coefficient (Wildman–Crippen LogP) is 2.53. The van der Waals surface area contributed by atoms with Gasteiger partial charge in [0.25, 0.3) is 0 Å². The number of nitrogens with one attached hydrogen (secondary N) is 1. The Hall–Kier alpha value is -0.770. The first-order valence-electron chi connectivity index (χ1n) is 7.19. The second-order valence-corrected chi connectivity index (χ2v) is 6.45. The molecular weight excluding hydrogens is 228 g/mol. The number of hydrogen-bond donors (Lipinski definition) is 1. The summed E-state index contributed by atoms with van der Waals surface area (Å²) in [7, 11) is 0. The molecule has 0 radical (unpaired) electrons. The maximum absolute atomic E-state index is 12.4. The van der Waals surface area contributed by atoms with Gasteiger partial charge >= 0.3 is 6.09 Å². The third-order valence-corrected chi connectivity index (χ3v) is 3.77. The van der Waals surface area contributed by atoms with Crippen LogP contribution in [-0.2, 0) is 4.74 Å². The number of ether oxygens (including phenoxy) is 1. The van der Waals surface area contributed by atoms with E-state index >= 15 is 0 Å². The Kier molecular flexibility index (Phi) is 4.15. The second kappa shape index (κ2) is 5.47. The molecule has 0 aromatic rings. The maximum atomic E-state index is 12.4. The van der Waals surface area contributed by atoms with Gasteiger partial charge in [0.05, 0.1) is 0 Å². The van der Waals surface area contributed by atoms with Crippen LogP contribution in [0.2, 0.25) is 0 Å². The van der Waals surface area contributed by atoms with Crippen molar-refractivity contribution in [2.24, 2.45) is 0 Å². The summed E-state index contributed by atoms with van der Waals surface area (Å²) in [6.07, 6.45) is 5.52. The number of hydrogen-bond acceptors (Lipinski definition) is 3. The lowest BCUT2D eigenvalue weighted by Gasteiger charge is -2.44. The van der Waals surface area contributed by atoms with Gasteiger partial charge in [0.1, 0.15) is 5.60 Å². The molecule has 2 aliphatic rings. The Morgan fingerprint density at radius 2 is 1.67 bits per heavy atom. The molecule has 104 valence electrons. The highest BCUT2D eigenvalue weighted by molar-refractivity contribution is 5.69. The van der Waals surface area contributed by atoms with Crippen LogP contribution in [0.25, 0.3) is 0 Å². The van der Waals surface area contributed by atoms with Gasteiger partial charge in [0.15, 0.2) is 0 Å². The Balaban J connectivity index is 2.01. The van der Waals surface area contributed by atoms with Crippen molar-refractivity contribution in [1.82, 2.24) is 10.2 Å². The van der Waals surface area contributed by atoms with Crippen LogP contribution in [-0.4, -0.2) is 41.8 Å². The van der Waals surface area contributed by atoms with E-state index in [0.717, 1.165) is 38.8 Å². The molecule has 0 bridgehead atoms. The molecule has 0 aromatic carbocycles. The third-order valence-electron chi connectivity index (χ3n) is 3.77. The predicted molar refractivity (Wildman–Crippen MR) is 71.6 cm³/mol. The zero-order chi connectivity index (χ0) is 13.2. The average molecular weight is 254 g/mol. The average Bonchev–Trinajstić information content (AvgIpc) is 2.21. The molecule has 1 amide bonds. The summed E-state index contributed by atoms with van der Waals surface area (Å²) in [5.74, 6) is 0. The Labute approximate surface area is 110 Å². The van der Waals surface area contributed by atoms with Gasteiger partial charge in [-0.25, -0.2) is 4.79 Å². The molecule has 1 aliphatic carbocycles. The fraction of sp³-hybridized carbons (Fsp3) is 0.929. The van der Waals surface area contributed by atoms with E-state index in [0.29, 0.717) is 12.1 Å². The Bertz CT molecular complexity index is 289. The van der Waals surface area contributed by atoms with Crippen LogP contribution in [0.3, 0.4) is 0 Å². The number of nitrogens with zero attached hydrogens (tertiary/aromatic N) is 1. The quantitative estimate of drug-likeness (QED) is 0.823. The number of amides is 1. The highest BCUT2D eigenvalue weighted by atomic mass is 16.6. The lowest BCUT2D eigenvalue weighted by molar-refractivity contribution is -0.0102. The van der Waals surface area contributed by atoms with Crippen molar-refractivity contribution >= 4 is 6.09 Å². The third kappa shape index (κ3) is 3.37. The minimum Gasteiger partial charge on any atom is -0.444 e. The molecule has 2 fully saturated rings. The van der Waals surface area contributed by atoms with E-state index in [-0.39, 0.29) is 6.09 Å². The molecule has 0 spiro atoms. The van der Waals surface area contributed by atoms with Gasteiger partial charge in [0.2, 0.25) is 0 Å². The maximum Gasteiger partial charge on any atom is 0.410 e. The molecule has 0 aromatic heterocycles. The molecule has 2 rings (SSSR count). The minimum absolute atomic E-state index is 0.112. The largest absolute Gasteiger partial charge is 0.444 e. The molecule has 4 heteroatoms. The van der Waals surface area contributed by atoms with E-state index in [1.165, 1.54) is 6.42 Å². The van der Waals surface area contributed by atoms with Crippen LogP contribution in [0.15, 0.2) is 0 Å². The van der Waals surface area contributed by atoms with Gasteiger partial charge in [-0.05, 0) is 66.0 Å². The molecule has 1 N–H and O–H groups in total. The van der Waals surface area contributed by atoms with Gasteiger partial charge in [-0.15, -0.1) is 0 Å². The fourth-order valence-electron chi connectivity index (χ4n) is 2.66. The summed E-state index contributed by atoms with van der Waals surface area (Å²) < 4.78 is 5.58. The Morgan fingerprint density at radius 1 is 1.11 bits per heavy atom. The summed E-state index contributed by atoms with van der Waals surface area (Å²) in [5, 5.41) is 3.35. The van der Waals surface area contributed by atoms with E-state index in [4.69, 9.17) is 4.74 Å². The van der Waals surface area contributed by atoms with Gasteiger partial charge in [0, 0.05) is 12.1 Å². The first-order chi connectivity index (χ1) is 8.47. The SMILES string of the molecule is CC(C)(C)OC(=O)N(C1CCC1)C1CCNCC1. The molecule has 1 saturated heterocycles. The molecule has 1 heterocycles. The first-order valence-corrected chi connectivity index (χ1v) is 7.19. The molecule has 0 atom stereocenters. The zero-order valence-corrected chi connectivity index (χ0v) is 11.9. The first kappa shape index (κ1) is 13.7. The highest BCUT2D eigenvalue weighted by Crippen LogP contribution is 2.30. The van der Waals surface area contributed by atoms with Crippen molar-refractivity contribution in [3.05, 3.63) is 0 Å². The molecule has 4 nitrogen and oxygen atoms in total. The molecule has 1 aliphatic heterocycles. The minimum atomic E-state index is -0.397. The number of carbonyl (C=O) groups is 1. The van der Waals surface area contributed by atoms with E-state index in [1.54, 1.807) is 0 Å². The normalized spacial score (nSPS) is 22.4. The summed E-state index contributed by atoms with van der Waals surface area (Å²) in [5.41, 5.74) is -0.397. The van der Waals surface area contributed by atoms with Crippen LogP contribution in [0.4, 0.5) is 4.79 Å². The molecular formula is C14H26N2O2. The number of carbonyl (C=O) groups excluding carboxylic acids is 1. The van der Waals surface area contributed by atoms with Crippen molar-refractivity contribution in [2.45, 2.75) is 70.6 Å². The smallest absolute Gasteiger partial charge is 0.410 e. The van der Waals surface area contributed by atoms with Crippen LogP contribution in [0, 0.1) is 0 Å². The lowest BCUT2D eigenvalue weighted by atomic mass is 9.89. The van der Waals surface area contributed by atoms with Gasteiger partial charge in [-0.1, -0.05) is 0 Å². The van der Waals surface area contributed by atoms with E-state index in [2.05, 4.69) is 5.32 Å². The Morgan fingerprint density at radius 3 is 2.11 bits per heavy atom. The van der Waals surface area contributed by atoms with E-state index in [1.807, 2.05) is 25.7 Å². The lowest BCUT2D eigenvalue weighted by Crippen LogP contribution is -2.54. The van der Waals surface area contributed by atoms with Gasteiger partial charge in [-0.2, -0.15) is 0 Å². The topological polar surface area (TPSA) is 41.6 Å². The van der Waals surface area contributed by atoms with Crippen LogP contribution in [0.1, 0.15) is 52.9 Å². The summed E-state index contributed by atoms with van der Waals surface area (Å²) in [4.78, 5) is 14.4. The summed E-state index contributed by atoms with van der Waals surface area (Å²) >= 11 is 0. The van der Waals surface area contributed by atoms with Gasteiger partial charge < -0.3 is 15.0 Å². The van der Waals surface area contributed by atoms with E-state index in [9.17, 15) is 4.79 Å². The summed E-state index contributed by atoms with van der Waals surface area (Å²) in [6.45, 7) is 7.83. The van der Waals surface area contributed by atoms with E-state index < -0.39 is 5.60 Å². The molecule has 18 heavy (non-hydrogen) atoms. The second-order valence-electron chi connectivity index (χ2n) is 6.45. The van der Waals surface area contributed by atoms with Gasteiger partial charge in [-0.3, -0.25) is 0 Å². The van der Waals surface area contributed by atoms with Crippen molar-refractivity contribution in [3.63, 3.8) is 0 Å². The van der Waals surface area contributed by atoms with Crippen LogP contribution in [0.5, 0.6) is 0 Å². The van der Waals surface area contributed by atoms with Crippen molar-refractivity contribution in [1.29, 1.82) is 0 Å². The standard InChI is InChI=1S/C14H26N2O2/c1-14(2,3)18-13(17)16(11-5-4-6-11)12-7-9-15-10-8-12/h11-12,15H,4-10H2,1-3H3. The number of piperidine rings is 1. The van der Waals surface area contributed by atoms with Crippen molar-refractivity contribution < 1.29 is 9.53 Å². The fourth-order valence-corrected chi connectivity index (χ4v) is 2.66. The van der Waals surface area contributed by atoms with Crippen molar-refractivity contribution in [2.75, 3.05) is 13.1 Å².